The van der Waals surface area contributed by atoms with Crippen molar-refractivity contribution in [3.05, 3.63) is 29.3 Å². The first-order valence-corrected chi connectivity index (χ1v) is 7.13. The molecule has 1 aliphatic rings. The molecule has 1 fully saturated rings. The highest BCUT2D eigenvalue weighted by atomic mass is 19.4. The number of aryl methyl sites for hydroxylation is 1. The summed E-state index contributed by atoms with van der Waals surface area (Å²) in [4.78, 5) is 0. The highest BCUT2D eigenvalue weighted by Crippen LogP contribution is 2.34. The average molecular weight is 305 g/mol. The topological polar surface area (TPSA) is 26.0 Å². The first kappa shape index (κ1) is 17.8. The number of hydrogen-bond donors (Lipinski definition) is 1. The highest BCUT2D eigenvalue weighted by Gasteiger charge is 2.32. The van der Waals surface area contributed by atoms with Gasteiger partial charge in [-0.15, -0.1) is 0 Å². The summed E-state index contributed by atoms with van der Waals surface area (Å²) in [5, 5.41) is 0. The van der Waals surface area contributed by atoms with Gasteiger partial charge in [0.25, 0.3) is 0 Å². The fourth-order valence-corrected chi connectivity index (χ4v) is 2.31. The molecule has 1 aromatic rings. The Morgan fingerprint density at radius 2 is 1.71 bits per heavy atom. The predicted octanol–water partition coefficient (Wildman–Crippen LogP) is 5.52. The Balaban J connectivity index is 0.000000219. The summed E-state index contributed by atoms with van der Waals surface area (Å²) >= 11 is 0. The third-order valence-corrected chi connectivity index (χ3v) is 3.88. The Morgan fingerprint density at radius 3 is 2.10 bits per heavy atom. The van der Waals surface area contributed by atoms with Crippen LogP contribution in [0.4, 0.5) is 23.2 Å². The molecule has 0 saturated heterocycles. The van der Waals surface area contributed by atoms with Gasteiger partial charge in [0.2, 0.25) is 0 Å². The van der Waals surface area contributed by atoms with E-state index in [0.29, 0.717) is 0 Å². The molecule has 120 valence electrons. The van der Waals surface area contributed by atoms with E-state index in [1.807, 2.05) is 0 Å². The van der Waals surface area contributed by atoms with Crippen LogP contribution < -0.4 is 5.73 Å². The first-order valence-electron chi connectivity index (χ1n) is 7.13. The second-order valence-corrected chi connectivity index (χ2v) is 6.17. The summed E-state index contributed by atoms with van der Waals surface area (Å²) in [6, 6.07) is 3.75. The highest BCUT2D eigenvalue weighted by molar-refractivity contribution is 5.45. The van der Waals surface area contributed by atoms with Crippen molar-refractivity contribution in [2.24, 2.45) is 5.92 Å². The normalized spacial score (nSPS) is 26.0. The molecule has 1 aromatic carbocycles. The van der Waals surface area contributed by atoms with Gasteiger partial charge >= 0.3 is 6.18 Å². The minimum Gasteiger partial charge on any atom is -0.399 e. The zero-order valence-electron chi connectivity index (χ0n) is 12.7. The minimum absolute atomic E-state index is 0.132. The third-order valence-electron chi connectivity index (χ3n) is 3.88. The molecule has 21 heavy (non-hydrogen) atoms. The lowest BCUT2D eigenvalue weighted by Gasteiger charge is -2.28. The summed E-state index contributed by atoms with van der Waals surface area (Å²) in [5.41, 5.74) is 4.04. The summed E-state index contributed by atoms with van der Waals surface area (Å²) < 4.78 is 49.6. The van der Waals surface area contributed by atoms with E-state index in [1.165, 1.54) is 19.1 Å². The maximum absolute atomic E-state index is 13.0. The van der Waals surface area contributed by atoms with Crippen LogP contribution in [0.2, 0.25) is 0 Å². The number of halogens is 4. The molecule has 1 nitrogen and oxygen atoms in total. The fourth-order valence-electron chi connectivity index (χ4n) is 2.31. The molecule has 0 spiro atoms. The van der Waals surface area contributed by atoms with Crippen molar-refractivity contribution in [3.8, 4) is 0 Å². The SMILES string of the molecule is CC1CCC(C)(F)CC1.Cc1ccc(N)cc1C(F)(F)F. The molecule has 1 aliphatic carbocycles. The number of alkyl halides is 4. The van der Waals surface area contributed by atoms with Gasteiger partial charge in [0, 0.05) is 5.69 Å². The monoisotopic (exact) mass is 305 g/mol. The molecule has 1 saturated carbocycles. The number of hydrogen-bond acceptors (Lipinski definition) is 1. The van der Waals surface area contributed by atoms with E-state index in [4.69, 9.17) is 5.73 Å². The van der Waals surface area contributed by atoms with Crippen LogP contribution in [0.15, 0.2) is 18.2 Å². The third kappa shape index (κ3) is 5.94. The van der Waals surface area contributed by atoms with Crippen molar-refractivity contribution in [1.29, 1.82) is 0 Å². The van der Waals surface area contributed by atoms with E-state index < -0.39 is 17.4 Å². The number of nitrogens with two attached hydrogens (primary N) is 1. The smallest absolute Gasteiger partial charge is 0.399 e. The molecule has 0 bridgehead atoms. The lowest BCUT2D eigenvalue weighted by Crippen LogP contribution is -2.24. The van der Waals surface area contributed by atoms with E-state index in [-0.39, 0.29) is 11.3 Å². The van der Waals surface area contributed by atoms with Crippen molar-refractivity contribution in [2.45, 2.75) is 58.3 Å². The van der Waals surface area contributed by atoms with E-state index >= 15 is 0 Å². The van der Waals surface area contributed by atoms with Crippen molar-refractivity contribution >= 4 is 5.69 Å². The van der Waals surface area contributed by atoms with Gasteiger partial charge < -0.3 is 5.73 Å². The molecular weight excluding hydrogens is 282 g/mol. The van der Waals surface area contributed by atoms with Gasteiger partial charge in [0.1, 0.15) is 5.67 Å². The van der Waals surface area contributed by atoms with Gasteiger partial charge in [0.05, 0.1) is 5.56 Å². The van der Waals surface area contributed by atoms with Crippen LogP contribution in [-0.2, 0) is 6.18 Å². The van der Waals surface area contributed by atoms with Crippen LogP contribution in [0, 0.1) is 12.8 Å². The summed E-state index contributed by atoms with van der Waals surface area (Å²) in [7, 11) is 0. The van der Waals surface area contributed by atoms with Gasteiger partial charge in [0.15, 0.2) is 0 Å². The number of benzene rings is 1. The lowest BCUT2D eigenvalue weighted by atomic mass is 9.82. The maximum atomic E-state index is 13.0. The number of rotatable bonds is 0. The molecule has 2 N–H and O–H groups in total. The molecular formula is C16H23F4N. The molecule has 0 unspecified atom stereocenters. The van der Waals surface area contributed by atoms with Gasteiger partial charge in [-0.05, 0) is 63.1 Å². The van der Waals surface area contributed by atoms with E-state index in [0.717, 1.165) is 37.7 Å². The number of anilines is 1. The summed E-state index contributed by atoms with van der Waals surface area (Å²) in [6.07, 6.45) is -0.609. The molecule has 0 heterocycles. The van der Waals surface area contributed by atoms with Crippen LogP contribution in [0.25, 0.3) is 0 Å². The Morgan fingerprint density at radius 1 is 1.19 bits per heavy atom. The van der Waals surface area contributed by atoms with Crippen molar-refractivity contribution in [2.75, 3.05) is 5.73 Å². The molecule has 0 aliphatic heterocycles. The van der Waals surface area contributed by atoms with Crippen molar-refractivity contribution < 1.29 is 17.6 Å². The van der Waals surface area contributed by atoms with Crippen molar-refractivity contribution in [3.63, 3.8) is 0 Å². The average Bonchev–Trinajstić information content (AvgIpc) is 2.36. The van der Waals surface area contributed by atoms with Crippen LogP contribution in [-0.4, -0.2) is 5.67 Å². The molecule has 0 atom stereocenters. The Bertz CT molecular complexity index is 456. The zero-order chi connectivity index (χ0) is 16.3. The Hall–Kier alpha value is -1.26. The van der Waals surface area contributed by atoms with E-state index in [1.54, 1.807) is 6.92 Å². The molecule has 0 amide bonds. The van der Waals surface area contributed by atoms with E-state index in [2.05, 4.69) is 6.92 Å². The number of nitrogen functional groups attached to an aromatic ring is 1. The molecule has 0 aromatic heterocycles. The second kappa shape index (κ2) is 6.67. The quantitative estimate of drug-likeness (QED) is 0.495. The van der Waals surface area contributed by atoms with Crippen LogP contribution in [0.5, 0.6) is 0 Å². The van der Waals surface area contributed by atoms with Crippen molar-refractivity contribution in [1.82, 2.24) is 0 Å². The Kier molecular flexibility index (Phi) is 5.65. The van der Waals surface area contributed by atoms with Crippen LogP contribution in [0.3, 0.4) is 0 Å². The Labute approximate surface area is 123 Å². The largest absolute Gasteiger partial charge is 0.416 e. The summed E-state index contributed by atoms with van der Waals surface area (Å²) in [5.74, 6) is 0.758. The van der Waals surface area contributed by atoms with Gasteiger partial charge in [-0.3, -0.25) is 0 Å². The standard InChI is InChI=1S/C8H8F3N.C8H15F/c1-5-2-3-6(12)4-7(5)8(9,10)11;1-7-3-5-8(2,9)6-4-7/h2-4H,12H2,1H3;7H,3-6H2,1-2H3. The second-order valence-electron chi connectivity index (χ2n) is 6.17. The lowest BCUT2D eigenvalue weighted by molar-refractivity contribution is -0.138. The van der Waals surface area contributed by atoms with Gasteiger partial charge in [-0.25, -0.2) is 4.39 Å². The van der Waals surface area contributed by atoms with Crippen LogP contribution in [0.1, 0.15) is 50.7 Å². The first-order chi connectivity index (χ1) is 9.51. The zero-order valence-corrected chi connectivity index (χ0v) is 12.7. The predicted molar refractivity (Wildman–Crippen MR) is 77.7 cm³/mol. The molecule has 5 heteroatoms. The van der Waals surface area contributed by atoms with Crippen LogP contribution >= 0.6 is 0 Å². The van der Waals surface area contributed by atoms with Gasteiger partial charge in [-0.2, -0.15) is 13.2 Å². The van der Waals surface area contributed by atoms with E-state index in [9.17, 15) is 17.6 Å². The molecule has 0 radical (unpaired) electrons. The minimum atomic E-state index is -4.31. The van der Waals surface area contributed by atoms with Gasteiger partial charge in [-0.1, -0.05) is 13.0 Å². The molecule has 2 rings (SSSR count). The fraction of sp³-hybridized carbons (Fsp3) is 0.625. The summed E-state index contributed by atoms with van der Waals surface area (Å²) in [6.45, 7) is 5.33. The maximum Gasteiger partial charge on any atom is 0.416 e.